The summed E-state index contributed by atoms with van der Waals surface area (Å²) in [6, 6.07) is 7.07. The second-order valence-electron chi connectivity index (χ2n) is 5.01. The van der Waals surface area contributed by atoms with Crippen LogP contribution in [0.3, 0.4) is 0 Å². The smallest absolute Gasteiger partial charge is 0.269 e. The molecule has 3 rings (SSSR count). The van der Waals surface area contributed by atoms with E-state index in [-0.39, 0.29) is 56.6 Å². The predicted octanol–water partition coefficient (Wildman–Crippen LogP) is 3.37. The normalized spacial score (nSPS) is 14.5. The van der Waals surface area contributed by atoms with Crippen molar-refractivity contribution in [2.45, 2.75) is 20.8 Å². The molecule has 0 fully saturated rings. The Balaban J connectivity index is 0.00000139. The number of aryl methyl sites for hydroxylation is 2. The third kappa shape index (κ3) is 3.99. The molecule has 6 nitrogen and oxygen atoms in total. The predicted molar refractivity (Wildman–Crippen MR) is 98.9 cm³/mol. The molecule has 0 saturated carbocycles. The van der Waals surface area contributed by atoms with Crippen molar-refractivity contribution < 1.29 is 46.2 Å². The van der Waals surface area contributed by atoms with Gasteiger partial charge in [-0.1, -0.05) is 38.1 Å². The van der Waals surface area contributed by atoms with E-state index in [4.69, 9.17) is 0 Å². The monoisotopic (exact) mass is 439 g/mol. The summed E-state index contributed by atoms with van der Waals surface area (Å²) in [6.45, 7) is 5.81. The molecule has 1 aromatic carbocycles. The third-order valence-electron chi connectivity index (χ3n) is 3.59. The van der Waals surface area contributed by atoms with Crippen molar-refractivity contribution in [1.29, 1.82) is 0 Å². The van der Waals surface area contributed by atoms with Crippen LogP contribution in [0.4, 0.5) is 5.82 Å². The number of nitrogens with zero attached hydrogens (tertiary/aromatic N) is 3. The fourth-order valence-electron chi connectivity index (χ4n) is 2.47. The summed E-state index contributed by atoms with van der Waals surface area (Å²) < 4.78 is 28.0. The minimum Gasteiger partial charge on any atom is -0.506 e. The molecule has 135 valence electrons. The number of hydrogen-bond donors (Lipinski definition) is 1. The fourth-order valence-corrected chi connectivity index (χ4v) is 3.96. The van der Waals surface area contributed by atoms with E-state index in [1.165, 1.54) is 11.7 Å². The second-order valence-corrected chi connectivity index (χ2v) is 6.91. The van der Waals surface area contributed by atoms with E-state index < -0.39 is 10.0 Å². The number of rotatable bonds is 1. The van der Waals surface area contributed by atoms with Crippen LogP contribution < -0.4 is 4.31 Å². The maximum Gasteiger partial charge on any atom is 0.269 e. The Morgan fingerprint density at radius 3 is 2.20 bits per heavy atom. The third-order valence-corrected chi connectivity index (χ3v) is 5.41. The molecule has 0 unspecified atom stereocenters. The number of aromatic nitrogens is 2. The zero-order valence-corrected chi connectivity index (χ0v) is 19.1. The quantitative estimate of drug-likeness (QED) is 0.692. The average Bonchev–Trinajstić information content (AvgIpc) is 2.91. The van der Waals surface area contributed by atoms with Gasteiger partial charge >= 0.3 is 0 Å². The van der Waals surface area contributed by atoms with Crippen molar-refractivity contribution in [3.8, 4) is 0 Å². The van der Waals surface area contributed by atoms with E-state index in [1.54, 1.807) is 25.4 Å². The first kappa shape index (κ1) is 23.8. The van der Waals surface area contributed by atoms with Gasteiger partial charge in [0.05, 0.1) is 5.56 Å². The molecule has 1 aliphatic heterocycles. The Bertz CT molecular complexity index is 873. The van der Waals surface area contributed by atoms with Gasteiger partial charge in [-0.15, -0.1) is 0 Å². The molecule has 1 aromatic heterocycles. The van der Waals surface area contributed by atoms with E-state index >= 15 is 0 Å². The van der Waals surface area contributed by atoms with Crippen molar-refractivity contribution in [3.05, 3.63) is 54.6 Å². The first-order chi connectivity index (χ1) is 10.8. The molecular formula is C17H24N3O3SY-. The molecule has 0 saturated heterocycles. The molecule has 0 bridgehead atoms. The summed E-state index contributed by atoms with van der Waals surface area (Å²) in [5.74, 6) is -0.0298. The first-order valence-corrected chi connectivity index (χ1v) is 8.80. The van der Waals surface area contributed by atoms with Gasteiger partial charge in [0.15, 0.2) is 5.82 Å². The van der Waals surface area contributed by atoms with Crippen LogP contribution in [-0.4, -0.2) is 30.4 Å². The Morgan fingerprint density at radius 2 is 1.64 bits per heavy atom. The summed E-state index contributed by atoms with van der Waals surface area (Å²) in [4.78, 5) is -0.0800. The Hall–Kier alpha value is -1.18. The standard InChI is InChI=1S/C14H15N3O3S.C2H6.CH3.Y/c1-9-6-4-5-7-10(9)13-12(18)11-8-16(2)15-14(11)17(3)21(13,19)20;1-2;;/h4-8,18H,1-3H3;1-2H3;1H3;/q;;-1;. The zero-order valence-electron chi connectivity index (χ0n) is 15.5. The summed E-state index contributed by atoms with van der Waals surface area (Å²) in [5.41, 5.74) is 1.69. The zero-order chi connectivity index (χ0) is 17.4. The van der Waals surface area contributed by atoms with Crippen molar-refractivity contribution in [2.75, 3.05) is 11.4 Å². The maximum absolute atomic E-state index is 12.7. The number of hydrogen-bond acceptors (Lipinski definition) is 4. The van der Waals surface area contributed by atoms with Crippen LogP contribution in [-0.2, 0) is 49.8 Å². The number of fused-ring (bicyclic) bond motifs is 1. The molecule has 1 N–H and O–H groups in total. The molecule has 1 radical (unpaired) electrons. The number of aliphatic hydroxyl groups excluding tert-OH is 1. The SMILES string of the molecule is CC.Cc1ccccc1C1=C(O)c2cn(C)nc2N(C)S1(=O)=O.[CH3-].[Y]. The molecule has 0 aliphatic carbocycles. The minimum absolute atomic E-state index is 0. The maximum atomic E-state index is 12.7. The second kappa shape index (κ2) is 8.96. The van der Waals surface area contributed by atoms with Gasteiger partial charge in [0.2, 0.25) is 0 Å². The van der Waals surface area contributed by atoms with Crippen LogP contribution in [0.2, 0.25) is 0 Å². The molecule has 25 heavy (non-hydrogen) atoms. The van der Waals surface area contributed by atoms with E-state index in [1.807, 2.05) is 32.9 Å². The van der Waals surface area contributed by atoms with Crippen molar-refractivity contribution in [2.24, 2.45) is 7.05 Å². The van der Waals surface area contributed by atoms with Gasteiger partial charge in [0.25, 0.3) is 10.0 Å². The van der Waals surface area contributed by atoms with E-state index in [0.717, 1.165) is 9.87 Å². The van der Waals surface area contributed by atoms with Gasteiger partial charge < -0.3 is 12.5 Å². The summed E-state index contributed by atoms with van der Waals surface area (Å²) in [5, 5.41) is 14.6. The molecule has 0 atom stereocenters. The van der Waals surface area contributed by atoms with E-state index in [9.17, 15) is 13.5 Å². The van der Waals surface area contributed by atoms with Crippen LogP contribution >= 0.6 is 0 Å². The summed E-state index contributed by atoms with van der Waals surface area (Å²) in [7, 11) is -0.723. The molecule has 2 aromatic rings. The van der Waals surface area contributed by atoms with E-state index in [0.29, 0.717) is 11.1 Å². The van der Waals surface area contributed by atoms with Crippen LogP contribution in [0.15, 0.2) is 30.5 Å². The fraction of sp³-hybridized carbons (Fsp3) is 0.294. The number of benzene rings is 1. The molecule has 0 amide bonds. The average molecular weight is 439 g/mol. The van der Waals surface area contributed by atoms with Gasteiger partial charge in [-0.25, -0.2) is 8.42 Å². The topological polar surface area (TPSA) is 75.4 Å². The van der Waals surface area contributed by atoms with E-state index in [2.05, 4.69) is 5.10 Å². The van der Waals surface area contributed by atoms with Gasteiger partial charge in [-0.3, -0.25) is 8.99 Å². The number of aliphatic hydroxyl groups is 1. The van der Waals surface area contributed by atoms with Gasteiger partial charge in [0, 0.05) is 58.6 Å². The van der Waals surface area contributed by atoms with Gasteiger partial charge in [-0.2, -0.15) is 5.10 Å². The van der Waals surface area contributed by atoms with Crippen molar-refractivity contribution in [1.82, 2.24) is 9.78 Å². The number of anilines is 1. The van der Waals surface area contributed by atoms with Crippen LogP contribution in [0.5, 0.6) is 0 Å². The Labute approximate surface area is 175 Å². The Kier molecular flexibility index (Phi) is 8.54. The number of sulfonamides is 1. The van der Waals surface area contributed by atoms with Crippen LogP contribution in [0.1, 0.15) is 30.5 Å². The first-order valence-electron chi connectivity index (χ1n) is 7.36. The summed E-state index contributed by atoms with van der Waals surface area (Å²) in [6.07, 6.45) is 1.61. The van der Waals surface area contributed by atoms with Gasteiger partial charge in [0.1, 0.15) is 10.7 Å². The summed E-state index contributed by atoms with van der Waals surface area (Å²) >= 11 is 0. The molecular weight excluding hydrogens is 415 g/mol. The van der Waals surface area contributed by atoms with Crippen LogP contribution in [0.25, 0.3) is 10.7 Å². The molecule has 0 spiro atoms. The van der Waals surface area contributed by atoms with Crippen molar-refractivity contribution in [3.63, 3.8) is 0 Å². The minimum atomic E-state index is -3.84. The largest absolute Gasteiger partial charge is 0.506 e. The Morgan fingerprint density at radius 1 is 1.08 bits per heavy atom. The molecule has 8 heteroatoms. The molecule has 2 heterocycles. The van der Waals surface area contributed by atoms with Gasteiger partial charge in [-0.05, 0) is 12.5 Å². The van der Waals surface area contributed by atoms with Crippen molar-refractivity contribution >= 4 is 26.5 Å². The van der Waals surface area contributed by atoms with Crippen LogP contribution in [0, 0.1) is 14.4 Å². The molecule has 1 aliphatic rings.